The Hall–Kier alpha value is -4.39. The van der Waals surface area contributed by atoms with Crippen LogP contribution in [0.4, 0.5) is 5.82 Å². The predicted molar refractivity (Wildman–Crippen MR) is 129 cm³/mol. The average molecular weight is 495 g/mol. The van der Waals surface area contributed by atoms with Crippen LogP contribution in [0.1, 0.15) is 27.3 Å². The van der Waals surface area contributed by atoms with E-state index in [1.807, 2.05) is 31.2 Å². The number of nitrogen functional groups attached to an aromatic ring is 1. The average Bonchev–Trinajstić information content (AvgIpc) is 3.49. The van der Waals surface area contributed by atoms with Gasteiger partial charge in [0.1, 0.15) is 11.5 Å². The highest BCUT2D eigenvalue weighted by molar-refractivity contribution is 7.98. The summed E-state index contributed by atoms with van der Waals surface area (Å²) in [7, 11) is 3.10. The summed E-state index contributed by atoms with van der Waals surface area (Å²) in [4.78, 5) is 13.9. The maximum absolute atomic E-state index is 12.9. The highest BCUT2D eigenvalue weighted by atomic mass is 32.2. The van der Waals surface area contributed by atoms with E-state index in [4.69, 9.17) is 15.2 Å². The van der Waals surface area contributed by atoms with Crippen molar-refractivity contribution in [3.05, 3.63) is 65.0 Å². The number of hydrogen-bond acceptors (Lipinski definition) is 11. The first-order valence-corrected chi connectivity index (χ1v) is 11.3. The molecule has 0 saturated carbocycles. The number of nitrogens with zero attached hydrogens (tertiary/aromatic N) is 6. The number of rotatable bonds is 9. The van der Waals surface area contributed by atoms with Gasteiger partial charge in [0.25, 0.3) is 5.91 Å². The van der Waals surface area contributed by atoms with Gasteiger partial charge in [-0.2, -0.15) is 9.78 Å². The topological polar surface area (TPSA) is 156 Å². The second-order valence-electron chi connectivity index (χ2n) is 7.18. The Bertz CT molecular complexity index is 1350. The van der Waals surface area contributed by atoms with Crippen LogP contribution in [-0.4, -0.2) is 51.6 Å². The number of amides is 1. The number of anilines is 1. The monoisotopic (exact) mass is 494 g/mol. The molecule has 0 saturated heterocycles. The number of thioether (sulfide) groups is 1. The molecule has 0 fully saturated rings. The zero-order chi connectivity index (χ0) is 24.8. The second kappa shape index (κ2) is 10.7. The SMILES string of the molecule is COc1ccc(/C=N/NC(=O)c2nnn(-c3nonc3N)c2CSc2ccc(C)cc2)c(OC)c1. The van der Waals surface area contributed by atoms with E-state index >= 15 is 0 Å². The fourth-order valence-corrected chi connectivity index (χ4v) is 3.93. The molecule has 35 heavy (non-hydrogen) atoms. The Morgan fingerprint density at radius 1 is 1.20 bits per heavy atom. The molecule has 12 nitrogen and oxygen atoms in total. The van der Waals surface area contributed by atoms with Gasteiger partial charge in [-0.15, -0.1) is 16.9 Å². The number of ether oxygens (including phenoxy) is 2. The van der Waals surface area contributed by atoms with Crippen LogP contribution in [0, 0.1) is 6.92 Å². The number of aromatic nitrogens is 5. The lowest BCUT2D eigenvalue weighted by molar-refractivity contribution is 0.0949. The van der Waals surface area contributed by atoms with Gasteiger partial charge in [-0.05, 0) is 41.5 Å². The van der Waals surface area contributed by atoms with Crippen LogP contribution in [0.15, 0.2) is 57.1 Å². The van der Waals surface area contributed by atoms with Crippen LogP contribution < -0.4 is 20.6 Å². The Balaban J connectivity index is 1.57. The predicted octanol–water partition coefficient (Wildman–Crippen LogP) is 2.61. The first kappa shape index (κ1) is 23.8. The molecular formula is C22H22N8O4S. The van der Waals surface area contributed by atoms with Crippen LogP contribution in [0.25, 0.3) is 5.82 Å². The van der Waals surface area contributed by atoms with Crippen molar-refractivity contribution in [3.8, 4) is 17.3 Å². The van der Waals surface area contributed by atoms with Gasteiger partial charge in [0.15, 0.2) is 5.69 Å². The summed E-state index contributed by atoms with van der Waals surface area (Å²) >= 11 is 1.50. The van der Waals surface area contributed by atoms with Crippen molar-refractivity contribution in [2.75, 3.05) is 20.0 Å². The molecule has 0 aliphatic carbocycles. The van der Waals surface area contributed by atoms with E-state index in [0.717, 1.165) is 10.5 Å². The van der Waals surface area contributed by atoms with E-state index in [1.54, 1.807) is 25.3 Å². The third-order valence-corrected chi connectivity index (χ3v) is 5.90. The Morgan fingerprint density at radius 3 is 2.69 bits per heavy atom. The molecule has 0 bridgehead atoms. The van der Waals surface area contributed by atoms with E-state index in [1.165, 1.54) is 29.8 Å². The Morgan fingerprint density at radius 2 is 2.00 bits per heavy atom. The molecule has 2 aromatic heterocycles. The van der Waals surface area contributed by atoms with Gasteiger partial charge in [0.2, 0.25) is 11.6 Å². The molecule has 0 spiro atoms. The van der Waals surface area contributed by atoms with Crippen molar-refractivity contribution in [2.24, 2.45) is 5.10 Å². The van der Waals surface area contributed by atoms with Crippen molar-refractivity contribution in [3.63, 3.8) is 0 Å². The number of benzene rings is 2. The van der Waals surface area contributed by atoms with Gasteiger partial charge in [0.05, 0.1) is 26.1 Å². The molecule has 0 radical (unpaired) electrons. The number of carbonyl (C=O) groups is 1. The molecule has 180 valence electrons. The fourth-order valence-electron chi connectivity index (χ4n) is 3.04. The first-order chi connectivity index (χ1) is 17.0. The number of aryl methyl sites for hydroxylation is 1. The zero-order valence-electron chi connectivity index (χ0n) is 19.1. The second-order valence-corrected chi connectivity index (χ2v) is 8.23. The summed E-state index contributed by atoms with van der Waals surface area (Å²) in [6.45, 7) is 2.01. The Labute approximate surface area is 204 Å². The molecule has 4 aromatic rings. The summed E-state index contributed by atoms with van der Waals surface area (Å²) in [6, 6.07) is 13.2. The summed E-state index contributed by atoms with van der Waals surface area (Å²) < 4.78 is 16.5. The van der Waals surface area contributed by atoms with Crippen LogP contribution in [0.5, 0.6) is 11.5 Å². The lowest BCUT2D eigenvalue weighted by Gasteiger charge is -2.07. The van der Waals surface area contributed by atoms with E-state index in [9.17, 15) is 4.79 Å². The number of nitrogens with one attached hydrogen (secondary N) is 1. The minimum absolute atomic E-state index is 0.0214. The maximum atomic E-state index is 12.9. The molecule has 2 heterocycles. The molecule has 0 aliphatic rings. The van der Waals surface area contributed by atoms with E-state index in [2.05, 4.69) is 35.8 Å². The van der Waals surface area contributed by atoms with Gasteiger partial charge < -0.3 is 15.2 Å². The minimum atomic E-state index is -0.561. The van der Waals surface area contributed by atoms with Gasteiger partial charge in [-0.1, -0.05) is 22.9 Å². The lowest BCUT2D eigenvalue weighted by Crippen LogP contribution is -2.20. The van der Waals surface area contributed by atoms with E-state index in [0.29, 0.717) is 28.5 Å². The fraction of sp³-hybridized carbons (Fsp3) is 0.182. The highest BCUT2D eigenvalue weighted by Crippen LogP contribution is 2.26. The normalized spacial score (nSPS) is 11.1. The third kappa shape index (κ3) is 5.41. The first-order valence-electron chi connectivity index (χ1n) is 10.3. The molecule has 1 amide bonds. The minimum Gasteiger partial charge on any atom is -0.497 e. The van der Waals surface area contributed by atoms with Crippen molar-refractivity contribution in [1.82, 2.24) is 30.7 Å². The van der Waals surface area contributed by atoms with E-state index < -0.39 is 5.91 Å². The van der Waals surface area contributed by atoms with Crippen LogP contribution in [0.2, 0.25) is 0 Å². The molecule has 3 N–H and O–H groups in total. The summed E-state index contributed by atoms with van der Waals surface area (Å²) in [5, 5.41) is 19.5. The molecule has 13 heteroatoms. The van der Waals surface area contributed by atoms with Gasteiger partial charge >= 0.3 is 0 Å². The summed E-state index contributed by atoms with van der Waals surface area (Å²) in [6.07, 6.45) is 1.46. The van der Waals surface area contributed by atoms with Crippen molar-refractivity contribution >= 4 is 29.7 Å². The van der Waals surface area contributed by atoms with Gasteiger partial charge in [0, 0.05) is 22.3 Å². The zero-order valence-corrected chi connectivity index (χ0v) is 19.9. The van der Waals surface area contributed by atoms with Gasteiger partial charge in [-0.3, -0.25) is 4.79 Å². The number of methoxy groups -OCH3 is 2. The summed E-state index contributed by atoms with van der Waals surface area (Å²) in [5.74, 6) is 1.13. The number of nitrogens with two attached hydrogens (primary N) is 1. The standard InChI is InChI=1S/C22H22N8O4S/c1-13-4-8-16(9-5-13)35-12-17-19(25-29-30(17)21-20(23)27-34-28-21)22(31)26-24-11-14-6-7-15(32-2)10-18(14)33-3/h4-11H,12H2,1-3H3,(H2,23,27)(H,26,31)/b24-11+. The summed E-state index contributed by atoms with van der Waals surface area (Å²) in [5.41, 5.74) is 10.6. The van der Waals surface area contributed by atoms with Crippen molar-refractivity contribution < 1.29 is 18.9 Å². The van der Waals surface area contributed by atoms with E-state index in [-0.39, 0.29) is 17.3 Å². The van der Waals surface area contributed by atoms with Gasteiger partial charge in [-0.25, -0.2) is 10.1 Å². The number of carbonyl (C=O) groups excluding carboxylic acids is 1. The van der Waals surface area contributed by atoms with Crippen LogP contribution in [-0.2, 0) is 5.75 Å². The highest BCUT2D eigenvalue weighted by Gasteiger charge is 2.24. The molecule has 0 aliphatic heterocycles. The third-order valence-electron chi connectivity index (χ3n) is 4.88. The van der Waals surface area contributed by atoms with Crippen LogP contribution in [0.3, 0.4) is 0 Å². The largest absolute Gasteiger partial charge is 0.497 e. The molecule has 0 unspecified atom stereocenters. The number of hydrogen-bond donors (Lipinski definition) is 2. The maximum Gasteiger partial charge on any atom is 0.293 e. The number of hydrazone groups is 1. The van der Waals surface area contributed by atoms with Crippen LogP contribution >= 0.6 is 11.8 Å². The molecular weight excluding hydrogens is 472 g/mol. The molecule has 2 aromatic carbocycles. The smallest absolute Gasteiger partial charge is 0.293 e. The Kier molecular flexibility index (Phi) is 7.26. The van der Waals surface area contributed by atoms with Crippen molar-refractivity contribution in [2.45, 2.75) is 17.6 Å². The quantitative estimate of drug-likeness (QED) is 0.201. The molecule has 4 rings (SSSR count). The molecule has 0 atom stereocenters. The lowest BCUT2D eigenvalue weighted by atomic mass is 10.2. The van der Waals surface area contributed by atoms with Crippen molar-refractivity contribution in [1.29, 1.82) is 0 Å².